The first-order valence-corrected chi connectivity index (χ1v) is 6.69. The third-order valence-corrected chi connectivity index (χ3v) is 3.13. The predicted molar refractivity (Wildman–Crippen MR) is 68.2 cm³/mol. The van der Waals surface area contributed by atoms with Crippen LogP contribution >= 0.6 is 11.8 Å². The first-order chi connectivity index (χ1) is 9.56. The SMILES string of the molecule is CN(Cc1ncn[nH]1)C(=O)c1ccc(CSC(F)F)o1. The number of halogens is 2. The molecule has 0 atom stereocenters. The molecule has 0 aliphatic rings. The lowest BCUT2D eigenvalue weighted by Gasteiger charge is -2.13. The molecule has 2 heterocycles. The van der Waals surface area contributed by atoms with Gasteiger partial charge in [-0.05, 0) is 12.1 Å². The lowest BCUT2D eigenvalue weighted by atomic mass is 10.4. The van der Waals surface area contributed by atoms with E-state index in [1.54, 1.807) is 7.05 Å². The van der Waals surface area contributed by atoms with Crippen LogP contribution in [-0.2, 0) is 12.3 Å². The number of thioether (sulfide) groups is 1. The van der Waals surface area contributed by atoms with Crippen LogP contribution in [0.15, 0.2) is 22.9 Å². The van der Waals surface area contributed by atoms with Crippen molar-refractivity contribution >= 4 is 17.7 Å². The second-order valence-corrected chi connectivity index (χ2v) is 4.91. The van der Waals surface area contributed by atoms with Crippen LogP contribution in [0.5, 0.6) is 0 Å². The summed E-state index contributed by atoms with van der Waals surface area (Å²) in [6, 6.07) is 2.99. The lowest BCUT2D eigenvalue weighted by Crippen LogP contribution is -2.26. The fourth-order valence-corrected chi connectivity index (χ4v) is 1.95. The molecule has 0 spiro atoms. The molecule has 2 aromatic rings. The van der Waals surface area contributed by atoms with Crippen LogP contribution in [0.4, 0.5) is 8.78 Å². The van der Waals surface area contributed by atoms with E-state index in [-0.39, 0.29) is 24.0 Å². The second-order valence-electron chi connectivity index (χ2n) is 3.93. The van der Waals surface area contributed by atoms with Crippen LogP contribution in [0.25, 0.3) is 0 Å². The van der Waals surface area contributed by atoms with E-state index in [1.807, 2.05) is 0 Å². The molecule has 20 heavy (non-hydrogen) atoms. The van der Waals surface area contributed by atoms with Gasteiger partial charge in [-0.15, -0.1) is 0 Å². The van der Waals surface area contributed by atoms with Crippen molar-refractivity contribution in [2.75, 3.05) is 7.05 Å². The van der Waals surface area contributed by atoms with Crippen molar-refractivity contribution in [3.05, 3.63) is 35.8 Å². The zero-order valence-electron chi connectivity index (χ0n) is 10.5. The number of nitrogens with zero attached hydrogens (tertiary/aromatic N) is 3. The fraction of sp³-hybridized carbons (Fsp3) is 0.364. The van der Waals surface area contributed by atoms with Gasteiger partial charge in [-0.1, -0.05) is 11.8 Å². The number of carbonyl (C=O) groups is 1. The Morgan fingerprint density at radius 2 is 2.35 bits per heavy atom. The molecule has 0 fully saturated rings. The Bertz CT molecular complexity index is 559. The van der Waals surface area contributed by atoms with E-state index in [0.717, 1.165) is 0 Å². The molecule has 6 nitrogen and oxygen atoms in total. The quantitative estimate of drug-likeness (QED) is 0.884. The summed E-state index contributed by atoms with van der Waals surface area (Å²) in [6.45, 7) is 0.251. The van der Waals surface area contributed by atoms with Crippen LogP contribution < -0.4 is 0 Å². The number of aromatic amines is 1. The number of furan rings is 1. The number of hydrogen-bond donors (Lipinski definition) is 1. The molecule has 108 valence electrons. The van der Waals surface area contributed by atoms with E-state index < -0.39 is 5.76 Å². The van der Waals surface area contributed by atoms with Crippen LogP contribution in [0.3, 0.4) is 0 Å². The van der Waals surface area contributed by atoms with Crippen molar-refractivity contribution < 1.29 is 18.0 Å². The van der Waals surface area contributed by atoms with Crippen molar-refractivity contribution in [1.29, 1.82) is 0 Å². The van der Waals surface area contributed by atoms with E-state index in [9.17, 15) is 13.6 Å². The van der Waals surface area contributed by atoms with Crippen LogP contribution in [0.2, 0.25) is 0 Å². The summed E-state index contributed by atoms with van der Waals surface area (Å²) in [6.07, 6.45) is 1.35. The van der Waals surface area contributed by atoms with Crippen LogP contribution in [0, 0.1) is 0 Å². The molecular formula is C11H12F2N4O2S. The minimum Gasteiger partial charge on any atom is -0.455 e. The topological polar surface area (TPSA) is 75.0 Å². The Labute approximate surface area is 117 Å². The Morgan fingerprint density at radius 1 is 1.55 bits per heavy atom. The van der Waals surface area contributed by atoms with Gasteiger partial charge in [-0.3, -0.25) is 9.89 Å². The number of H-pyrrole nitrogens is 1. The van der Waals surface area contributed by atoms with Gasteiger partial charge < -0.3 is 9.32 Å². The minimum atomic E-state index is -2.46. The molecule has 0 saturated heterocycles. The summed E-state index contributed by atoms with van der Waals surface area (Å²) in [4.78, 5) is 17.3. The van der Waals surface area contributed by atoms with Crippen molar-refractivity contribution in [3.8, 4) is 0 Å². The summed E-state index contributed by atoms with van der Waals surface area (Å²) >= 11 is 0.446. The molecule has 9 heteroatoms. The van der Waals surface area contributed by atoms with Crippen LogP contribution in [-0.4, -0.2) is 38.8 Å². The molecule has 0 aliphatic carbocycles. The number of amides is 1. The third kappa shape index (κ3) is 3.80. The molecule has 0 radical (unpaired) electrons. The Balaban J connectivity index is 1.94. The maximum atomic E-state index is 12.1. The number of alkyl halides is 2. The monoisotopic (exact) mass is 302 g/mol. The number of rotatable bonds is 6. The number of nitrogens with one attached hydrogen (secondary N) is 1. The van der Waals surface area contributed by atoms with Gasteiger partial charge in [0.25, 0.3) is 11.7 Å². The maximum absolute atomic E-state index is 12.1. The standard InChI is InChI=1S/C11H12F2N4O2S/c1-17(4-9-14-6-15-16-9)10(18)8-3-2-7(19-8)5-20-11(12)13/h2-3,6,11H,4-5H2,1H3,(H,14,15,16). The van der Waals surface area contributed by atoms with E-state index in [2.05, 4.69) is 15.2 Å². The zero-order valence-corrected chi connectivity index (χ0v) is 11.4. The van der Waals surface area contributed by atoms with E-state index >= 15 is 0 Å². The predicted octanol–water partition coefficient (Wildman–Crippen LogP) is 2.13. The molecule has 2 aromatic heterocycles. The first kappa shape index (κ1) is 14.5. The summed E-state index contributed by atoms with van der Waals surface area (Å²) < 4.78 is 29.4. The van der Waals surface area contributed by atoms with E-state index in [4.69, 9.17) is 4.42 Å². The molecule has 0 bridgehead atoms. The van der Waals surface area contributed by atoms with Gasteiger partial charge in [0.05, 0.1) is 12.3 Å². The largest absolute Gasteiger partial charge is 0.455 e. The summed E-state index contributed by atoms with van der Waals surface area (Å²) in [5, 5.41) is 6.32. The Kier molecular flexibility index (Phi) is 4.72. The molecule has 1 N–H and O–H groups in total. The van der Waals surface area contributed by atoms with Gasteiger partial charge in [0.1, 0.15) is 17.9 Å². The van der Waals surface area contributed by atoms with Gasteiger partial charge in [-0.2, -0.15) is 13.9 Å². The molecule has 0 aromatic carbocycles. The van der Waals surface area contributed by atoms with Gasteiger partial charge in [-0.25, -0.2) is 4.98 Å². The van der Waals surface area contributed by atoms with Crippen molar-refractivity contribution in [1.82, 2.24) is 20.1 Å². The van der Waals surface area contributed by atoms with Crippen LogP contribution in [0.1, 0.15) is 22.1 Å². The highest BCUT2D eigenvalue weighted by Crippen LogP contribution is 2.21. The first-order valence-electron chi connectivity index (χ1n) is 5.64. The highest BCUT2D eigenvalue weighted by atomic mass is 32.2. The molecular weight excluding hydrogens is 290 g/mol. The average Bonchev–Trinajstić information content (AvgIpc) is 3.06. The fourth-order valence-electron chi connectivity index (χ4n) is 1.51. The normalized spacial score (nSPS) is 11.0. The van der Waals surface area contributed by atoms with Gasteiger partial charge in [0, 0.05) is 7.05 Å². The lowest BCUT2D eigenvalue weighted by molar-refractivity contribution is 0.0748. The Hall–Kier alpha value is -1.90. The maximum Gasteiger partial charge on any atom is 0.289 e. The van der Waals surface area contributed by atoms with Crippen molar-refractivity contribution in [2.24, 2.45) is 0 Å². The highest BCUT2D eigenvalue weighted by Gasteiger charge is 2.17. The molecule has 2 rings (SSSR count). The smallest absolute Gasteiger partial charge is 0.289 e. The summed E-state index contributed by atoms with van der Waals surface area (Å²) in [7, 11) is 1.58. The summed E-state index contributed by atoms with van der Waals surface area (Å²) in [5.74, 6) is -1.80. The van der Waals surface area contributed by atoms with Gasteiger partial charge in [0.15, 0.2) is 5.76 Å². The third-order valence-electron chi connectivity index (χ3n) is 2.42. The minimum absolute atomic E-state index is 0.0246. The molecule has 0 unspecified atom stereocenters. The second kappa shape index (κ2) is 6.51. The highest BCUT2D eigenvalue weighted by molar-refractivity contribution is 7.98. The number of carbonyl (C=O) groups excluding carboxylic acids is 1. The van der Waals surface area contributed by atoms with Gasteiger partial charge >= 0.3 is 0 Å². The Morgan fingerprint density at radius 3 is 3.00 bits per heavy atom. The number of hydrogen-bond acceptors (Lipinski definition) is 5. The van der Waals surface area contributed by atoms with Crippen molar-refractivity contribution in [3.63, 3.8) is 0 Å². The molecule has 1 amide bonds. The number of aromatic nitrogens is 3. The van der Waals surface area contributed by atoms with Crippen molar-refractivity contribution in [2.45, 2.75) is 18.1 Å². The molecule has 0 saturated carbocycles. The van der Waals surface area contributed by atoms with E-state index in [1.165, 1.54) is 23.4 Å². The zero-order chi connectivity index (χ0) is 14.5. The average molecular weight is 302 g/mol. The van der Waals surface area contributed by atoms with E-state index in [0.29, 0.717) is 23.3 Å². The summed E-state index contributed by atoms with van der Waals surface area (Å²) in [5.41, 5.74) is 0. The molecule has 0 aliphatic heterocycles. The van der Waals surface area contributed by atoms with Gasteiger partial charge in [0.2, 0.25) is 0 Å².